The van der Waals surface area contributed by atoms with Gasteiger partial charge >= 0.3 is 6.09 Å². The molecule has 2 aliphatic heterocycles. The molecule has 0 spiro atoms. The van der Waals surface area contributed by atoms with Crippen LogP contribution in [0.15, 0.2) is 0 Å². The van der Waals surface area contributed by atoms with Gasteiger partial charge in [0.25, 0.3) is 0 Å². The summed E-state index contributed by atoms with van der Waals surface area (Å²) in [6.45, 7) is 8.57. The van der Waals surface area contributed by atoms with Crippen molar-refractivity contribution in [3.8, 4) is 0 Å². The van der Waals surface area contributed by atoms with Crippen LogP contribution in [-0.2, 0) is 19.0 Å². The van der Waals surface area contributed by atoms with Gasteiger partial charge in [-0.3, -0.25) is 9.69 Å². The normalized spacial score (nSPS) is 29.4. The fraction of sp³-hybridized carbons (Fsp3) is 0.857. The first-order chi connectivity index (χ1) is 9.26. The molecule has 0 radical (unpaired) electrons. The van der Waals surface area contributed by atoms with E-state index in [1.54, 1.807) is 0 Å². The molecule has 0 aromatic rings. The molecule has 2 rings (SSSR count). The van der Waals surface area contributed by atoms with E-state index in [4.69, 9.17) is 14.2 Å². The van der Waals surface area contributed by atoms with Crippen molar-refractivity contribution >= 4 is 11.9 Å². The maximum atomic E-state index is 12.1. The Kier molecular flexibility index (Phi) is 4.34. The van der Waals surface area contributed by atoms with E-state index in [0.717, 1.165) is 6.61 Å². The SMILES string of the molecule is CC(=O)[C@H]1C[C@@H](OCC2CO2)CN1C(=O)OC(C)(C)C. The molecular weight excluding hydrogens is 262 g/mol. The van der Waals surface area contributed by atoms with Crippen molar-refractivity contribution in [2.24, 2.45) is 0 Å². The molecule has 0 aliphatic carbocycles. The Bertz CT molecular complexity index is 386. The number of ketones is 1. The third-order valence-corrected chi connectivity index (χ3v) is 3.28. The summed E-state index contributed by atoms with van der Waals surface area (Å²) in [5.41, 5.74) is -0.570. The van der Waals surface area contributed by atoms with Crippen molar-refractivity contribution in [2.45, 2.75) is 58.0 Å². The standard InChI is InChI=1S/C14H23NO5/c1-9(16)12-5-10(18-7-11-8-19-11)6-15(12)13(17)20-14(2,3)4/h10-12H,5-8H2,1-4H3/t10-,11?,12-/m1/s1. The molecule has 114 valence electrons. The molecule has 20 heavy (non-hydrogen) atoms. The lowest BCUT2D eigenvalue weighted by molar-refractivity contribution is -0.121. The first kappa shape index (κ1) is 15.3. The number of nitrogens with zero attached hydrogens (tertiary/aromatic N) is 1. The van der Waals surface area contributed by atoms with E-state index in [-0.39, 0.29) is 18.0 Å². The molecule has 0 bridgehead atoms. The van der Waals surface area contributed by atoms with Crippen LogP contribution in [0.25, 0.3) is 0 Å². The van der Waals surface area contributed by atoms with Gasteiger partial charge in [0.15, 0.2) is 5.78 Å². The minimum absolute atomic E-state index is 0.0374. The number of epoxide rings is 1. The average molecular weight is 285 g/mol. The van der Waals surface area contributed by atoms with Crippen molar-refractivity contribution in [3.63, 3.8) is 0 Å². The van der Waals surface area contributed by atoms with Gasteiger partial charge in [-0.1, -0.05) is 0 Å². The highest BCUT2D eigenvalue weighted by Crippen LogP contribution is 2.24. The lowest BCUT2D eigenvalue weighted by Crippen LogP contribution is -2.42. The second kappa shape index (κ2) is 5.69. The number of carbonyl (C=O) groups is 2. The molecular formula is C14H23NO5. The summed E-state index contributed by atoms with van der Waals surface area (Å²) >= 11 is 0. The highest BCUT2D eigenvalue weighted by molar-refractivity contribution is 5.86. The zero-order chi connectivity index (χ0) is 14.9. The third kappa shape index (κ3) is 4.18. The molecule has 2 saturated heterocycles. The molecule has 1 unspecified atom stereocenters. The van der Waals surface area contributed by atoms with Crippen LogP contribution in [-0.4, -0.2) is 60.4 Å². The van der Waals surface area contributed by atoms with Crippen molar-refractivity contribution in [1.82, 2.24) is 4.90 Å². The molecule has 1 amide bonds. The van der Waals surface area contributed by atoms with Crippen LogP contribution in [0.5, 0.6) is 0 Å². The highest BCUT2D eigenvalue weighted by Gasteiger charge is 2.41. The van der Waals surface area contributed by atoms with Crippen molar-refractivity contribution < 1.29 is 23.8 Å². The van der Waals surface area contributed by atoms with E-state index in [0.29, 0.717) is 19.6 Å². The van der Waals surface area contributed by atoms with E-state index < -0.39 is 17.7 Å². The van der Waals surface area contributed by atoms with Crippen molar-refractivity contribution in [2.75, 3.05) is 19.8 Å². The van der Waals surface area contributed by atoms with E-state index in [1.165, 1.54) is 11.8 Å². The van der Waals surface area contributed by atoms with E-state index >= 15 is 0 Å². The number of hydrogen-bond donors (Lipinski definition) is 0. The molecule has 6 heteroatoms. The minimum Gasteiger partial charge on any atom is -0.444 e. The Morgan fingerprint density at radius 2 is 2.00 bits per heavy atom. The van der Waals surface area contributed by atoms with Gasteiger partial charge in [-0.15, -0.1) is 0 Å². The Balaban J connectivity index is 1.93. The van der Waals surface area contributed by atoms with Crippen LogP contribution in [0.3, 0.4) is 0 Å². The summed E-state index contributed by atoms with van der Waals surface area (Å²) in [7, 11) is 0. The van der Waals surface area contributed by atoms with Gasteiger partial charge in [0, 0.05) is 6.42 Å². The smallest absolute Gasteiger partial charge is 0.410 e. The first-order valence-corrected chi connectivity index (χ1v) is 6.99. The number of amides is 1. The van der Waals surface area contributed by atoms with Gasteiger partial charge < -0.3 is 14.2 Å². The van der Waals surface area contributed by atoms with Gasteiger partial charge in [-0.05, 0) is 27.7 Å². The number of likely N-dealkylation sites (tertiary alicyclic amines) is 1. The maximum Gasteiger partial charge on any atom is 0.410 e. The Morgan fingerprint density at radius 1 is 1.35 bits per heavy atom. The van der Waals surface area contributed by atoms with Crippen LogP contribution < -0.4 is 0 Å². The van der Waals surface area contributed by atoms with Crippen molar-refractivity contribution in [3.05, 3.63) is 0 Å². The number of ether oxygens (including phenoxy) is 3. The predicted octanol–water partition coefficient (Wildman–Crippen LogP) is 1.37. The molecule has 2 heterocycles. The van der Waals surface area contributed by atoms with E-state index in [2.05, 4.69) is 0 Å². The van der Waals surface area contributed by atoms with Gasteiger partial charge in [0.1, 0.15) is 11.7 Å². The van der Waals surface area contributed by atoms with Gasteiger partial charge in [-0.2, -0.15) is 0 Å². The van der Waals surface area contributed by atoms with E-state index in [9.17, 15) is 9.59 Å². The minimum atomic E-state index is -0.570. The first-order valence-electron chi connectivity index (χ1n) is 6.99. The van der Waals surface area contributed by atoms with Gasteiger partial charge in [-0.25, -0.2) is 4.79 Å². The van der Waals surface area contributed by atoms with Crippen LogP contribution in [0.4, 0.5) is 4.79 Å². The molecule has 3 atom stereocenters. The quantitative estimate of drug-likeness (QED) is 0.730. The molecule has 0 aromatic heterocycles. The molecule has 2 fully saturated rings. The summed E-state index contributed by atoms with van der Waals surface area (Å²) in [6.07, 6.45) is 0.134. The number of hydrogen-bond acceptors (Lipinski definition) is 5. The van der Waals surface area contributed by atoms with E-state index in [1.807, 2.05) is 20.8 Å². The van der Waals surface area contributed by atoms with Crippen LogP contribution in [0.1, 0.15) is 34.1 Å². The summed E-state index contributed by atoms with van der Waals surface area (Å²) in [4.78, 5) is 25.3. The predicted molar refractivity (Wildman–Crippen MR) is 71.5 cm³/mol. The van der Waals surface area contributed by atoms with Crippen molar-refractivity contribution in [1.29, 1.82) is 0 Å². The molecule has 2 aliphatic rings. The fourth-order valence-electron chi connectivity index (χ4n) is 2.23. The summed E-state index contributed by atoms with van der Waals surface area (Å²) in [5, 5.41) is 0. The third-order valence-electron chi connectivity index (χ3n) is 3.28. The Hall–Kier alpha value is -1.14. The topological polar surface area (TPSA) is 68.4 Å². The summed E-state index contributed by atoms with van der Waals surface area (Å²) < 4.78 is 16.1. The largest absolute Gasteiger partial charge is 0.444 e. The second-order valence-electron chi connectivity index (χ2n) is 6.41. The van der Waals surface area contributed by atoms with Crippen LogP contribution in [0, 0.1) is 0 Å². The Labute approximate surface area is 119 Å². The molecule has 0 N–H and O–H groups in total. The maximum absolute atomic E-state index is 12.1. The lowest BCUT2D eigenvalue weighted by atomic mass is 10.1. The molecule has 0 aromatic carbocycles. The molecule has 0 saturated carbocycles. The monoisotopic (exact) mass is 285 g/mol. The summed E-state index contributed by atoms with van der Waals surface area (Å²) in [5.74, 6) is -0.0374. The average Bonchev–Trinajstić information content (AvgIpc) is 3.02. The van der Waals surface area contributed by atoms with Crippen LogP contribution >= 0.6 is 0 Å². The number of Topliss-reactive ketones (excluding diaryl/α,β-unsaturated/α-hetero) is 1. The zero-order valence-corrected chi connectivity index (χ0v) is 12.5. The summed E-state index contributed by atoms with van der Waals surface area (Å²) in [6, 6.07) is -0.449. The fourth-order valence-corrected chi connectivity index (χ4v) is 2.23. The highest BCUT2D eigenvalue weighted by atomic mass is 16.6. The second-order valence-corrected chi connectivity index (χ2v) is 6.41. The van der Waals surface area contributed by atoms with Crippen LogP contribution in [0.2, 0.25) is 0 Å². The number of rotatable bonds is 4. The zero-order valence-electron chi connectivity index (χ0n) is 12.5. The van der Waals surface area contributed by atoms with Gasteiger partial charge in [0.2, 0.25) is 0 Å². The lowest BCUT2D eigenvalue weighted by Gasteiger charge is -2.27. The number of carbonyl (C=O) groups excluding carboxylic acids is 2. The molecule has 6 nitrogen and oxygen atoms in total. The Morgan fingerprint density at radius 3 is 2.50 bits per heavy atom. The van der Waals surface area contributed by atoms with Gasteiger partial charge in [0.05, 0.1) is 31.9 Å².